The van der Waals surface area contributed by atoms with Gasteiger partial charge in [-0.1, -0.05) is 12.1 Å². The third-order valence-corrected chi connectivity index (χ3v) is 1.95. The molecular formula is C10H12O4. The van der Waals surface area contributed by atoms with E-state index in [-0.39, 0.29) is 0 Å². The number of methoxy groups -OCH3 is 1. The van der Waals surface area contributed by atoms with Crippen LogP contribution in [0.25, 0.3) is 0 Å². The van der Waals surface area contributed by atoms with Crippen LogP contribution in [0, 0.1) is 0 Å². The quantitative estimate of drug-likeness (QED) is 0.536. The highest BCUT2D eigenvalue weighted by Gasteiger charge is 2.18. The van der Waals surface area contributed by atoms with Crippen molar-refractivity contribution in [1.29, 1.82) is 0 Å². The highest BCUT2D eigenvalue weighted by molar-refractivity contribution is 5.63. The molecule has 1 aromatic rings. The van der Waals surface area contributed by atoms with Crippen molar-refractivity contribution in [2.45, 2.75) is 12.2 Å². The van der Waals surface area contributed by atoms with Crippen molar-refractivity contribution in [1.82, 2.24) is 0 Å². The maximum atomic E-state index is 10.6. The number of carbonyl (C=O) groups excluding carboxylic acids is 1. The van der Waals surface area contributed by atoms with Gasteiger partial charge in [0.1, 0.15) is 12.0 Å². The van der Waals surface area contributed by atoms with Crippen molar-refractivity contribution < 1.29 is 19.7 Å². The smallest absolute Gasteiger partial charge is 0.165 e. The Hall–Kier alpha value is -1.39. The average Bonchev–Trinajstić information content (AvgIpc) is 2.19. The van der Waals surface area contributed by atoms with Gasteiger partial charge < -0.3 is 19.7 Å². The SMILES string of the molecule is COc1cccc(C(C=O)C(O)O)c1. The lowest BCUT2D eigenvalue weighted by Crippen LogP contribution is -2.18. The van der Waals surface area contributed by atoms with Crippen LogP contribution in [0.2, 0.25) is 0 Å². The maximum Gasteiger partial charge on any atom is 0.165 e. The Bertz CT molecular complexity index is 309. The van der Waals surface area contributed by atoms with Crippen LogP contribution in [0.4, 0.5) is 0 Å². The maximum absolute atomic E-state index is 10.6. The number of rotatable bonds is 4. The topological polar surface area (TPSA) is 66.8 Å². The summed E-state index contributed by atoms with van der Waals surface area (Å²) in [6, 6.07) is 6.64. The van der Waals surface area contributed by atoms with Crippen LogP contribution in [0.15, 0.2) is 24.3 Å². The Balaban J connectivity index is 2.98. The normalized spacial score (nSPS) is 12.6. The van der Waals surface area contributed by atoms with Crippen LogP contribution in [-0.4, -0.2) is 29.9 Å². The standard InChI is InChI=1S/C10H12O4/c1-14-8-4-2-3-7(5-8)9(6-11)10(12)13/h2-6,9-10,12-13H,1H3. The summed E-state index contributed by atoms with van der Waals surface area (Å²) in [5.74, 6) is -0.347. The second kappa shape index (κ2) is 4.74. The molecule has 4 nitrogen and oxygen atoms in total. The molecule has 4 heteroatoms. The molecule has 0 aromatic heterocycles. The lowest BCUT2D eigenvalue weighted by Gasteiger charge is -2.13. The van der Waals surface area contributed by atoms with Gasteiger partial charge in [-0.2, -0.15) is 0 Å². The first kappa shape index (κ1) is 10.7. The zero-order chi connectivity index (χ0) is 10.6. The Morgan fingerprint density at radius 2 is 2.14 bits per heavy atom. The summed E-state index contributed by atoms with van der Waals surface area (Å²) in [5.41, 5.74) is 0.523. The van der Waals surface area contributed by atoms with Crippen molar-refractivity contribution >= 4 is 6.29 Å². The molecule has 0 fully saturated rings. The van der Waals surface area contributed by atoms with E-state index in [9.17, 15) is 4.79 Å². The van der Waals surface area contributed by atoms with Gasteiger partial charge in [-0.15, -0.1) is 0 Å². The van der Waals surface area contributed by atoms with Crippen molar-refractivity contribution in [3.8, 4) is 5.75 Å². The molecule has 1 atom stereocenters. The van der Waals surface area contributed by atoms with Crippen LogP contribution in [0.1, 0.15) is 11.5 Å². The van der Waals surface area contributed by atoms with Gasteiger partial charge in [0.15, 0.2) is 6.29 Å². The minimum absolute atomic E-state index is 0.499. The molecule has 0 spiro atoms. The molecule has 76 valence electrons. The second-order valence-electron chi connectivity index (χ2n) is 2.85. The predicted molar refractivity (Wildman–Crippen MR) is 50.0 cm³/mol. The number of hydrogen-bond acceptors (Lipinski definition) is 4. The minimum Gasteiger partial charge on any atom is -0.497 e. The lowest BCUT2D eigenvalue weighted by atomic mass is 10.00. The average molecular weight is 196 g/mol. The Labute approximate surface area is 81.8 Å². The van der Waals surface area contributed by atoms with Crippen LogP contribution >= 0.6 is 0 Å². The van der Waals surface area contributed by atoms with Gasteiger partial charge in [0.05, 0.1) is 13.0 Å². The highest BCUT2D eigenvalue weighted by Crippen LogP contribution is 2.21. The first-order valence-electron chi connectivity index (χ1n) is 4.14. The van der Waals surface area contributed by atoms with E-state index in [2.05, 4.69) is 0 Å². The van der Waals surface area contributed by atoms with E-state index in [1.165, 1.54) is 7.11 Å². The predicted octanol–water partition coefficient (Wildman–Crippen LogP) is 0.288. The summed E-state index contributed by atoms with van der Waals surface area (Å²) >= 11 is 0. The molecule has 0 amide bonds. The molecular weight excluding hydrogens is 184 g/mol. The number of aldehydes is 1. The number of ether oxygens (including phenoxy) is 1. The zero-order valence-corrected chi connectivity index (χ0v) is 7.75. The van der Waals surface area contributed by atoms with E-state index >= 15 is 0 Å². The lowest BCUT2D eigenvalue weighted by molar-refractivity contribution is -0.120. The molecule has 0 aliphatic heterocycles. The molecule has 0 radical (unpaired) electrons. The van der Waals surface area contributed by atoms with E-state index in [4.69, 9.17) is 14.9 Å². The minimum atomic E-state index is -1.68. The van der Waals surface area contributed by atoms with E-state index in [1.807, 2.05) is 0 Å². The second-order valence-corrected chi connectivity index (χ2v) is 2.85. The first-order valence-corrected chi connectivity index (χ1v) is 4.14. The van der Waals surface area contributed by atoms with Crippen LogP contribution in [-0.2, 0) is 4.79 Å². The van der Waals surface area contributed by atoms with Crippen molar-refractivity contribution in [3.63, 3.8) is 0 Å². The zero-order valence-electron chi connectivity index (χ0n) is 7.75. The van der Waals surface area contributed by atoms with Gasteiger partial charge in [0.2, 0.25) is 0 Å². The van der Waals surface area contributed by atoms with E-state index < -0.39 is 12.2 Å². The van der Waals surface area contributed by atoms with Crippen molar-refractivity contribution in [3.05, 3.63) is 29.8 Å². The molecule has 1 rings (SSSR count). The summed E-state index contributed by atoms with van der Waals surface area (Å²) in [4.78, 5) is 10.6. The number of carbonyl (C=O) groups is 1. The number of aliphatic hydroxyl groups is 2. The van der Waals surface area contributed by atoms with Gasteiger partial charge in [0.25, 0.3) is 0 Å². The molecule has 0 bridgehead atoms. The van der Waals surface area contributed by atoms with Gasteiger partial charge in [-0.3, -0.25) is 0 Å². The van der Waals surface area contributed by atoms with Crippen LogP contribution < -0.4 is 4.74 Å². The Morgan fingerprint density at radius 1 is 1.43 bits per heavy atom. The monoisotopic (exact) mass is 196 g/mol. The molecule has 1 unspecified atom stereocenters. The number of benzene rings is 1. The Morgan fingerprint density at radius 3 is 2.64 bits per heavy atom. The van der Waals surface area contributed by atoms with Crippen LogP contribution in [0.3, 0.4) is 0 Å². The van der Waals surface area contributed by atoms with Gasteiger partial charge >= 0.3 is 0 Å². The summed E-state index contributed by atoms with van der Waals surface area (Å²) in [6.45, 7) is 0. The molecule has 2 N–H and O–H groups in total. The largest absolute Gasteiger partial charge is 0.497 e. The van der Waals surface area contributed by atoms with E-state index in [0.717, 1.165) is 0 Å². The third kappa shape index (κ3) is 2.31. The fraction of sp³-hybridized carbons (Fsp3) is 0.300. The Kier molecular flexibility index (Phi) is 3.62. The molecule has 0 saturated heterocycles. The summed E-state index contributed by atoms with van der Waals surface area (Å²) in [7, 11) is 1.50. The molecule has 14 heavy (non-hydrogen) atoms. The summed E-state index contributed by atoms with van der Waals surface area (Å²) in [5, 5.41) is 17.8. The third-order valence-electron chi connectivity index (χ3n) is 1.95. The molecule has 1 aromatic carbocycles. The summed E-state index contributed by atoms with van der Waals surface area (Å²) in [6.07, 6.45) is -1.18. The highest BCUT2D eigenvalue weighted by atomic mass is 16.5. The van der Waals surface area contributed by atoms with Crippen LogP contribution in [0.5, 0.6) is 5.75 Å². The molecule has 0 aliphatic carbocycles. The van der Waals surface area contributed by atoms with Gasteiger partial charge in [0, 0.05) is 0 Å². The van der Waals surface area contributed by atoms with Gasteiger partial charge in [-0.05, 0) is 17.7 Å². The fourth-order valence-corrected chi connectivity index (χ4v) is 1.17. The number of hydrogen-bond donors (Lipinski definition) is 2. The molecule has 0 saturated carbocycles. The van der Waals surface area contributed by atoms with Crippen molar-refractivity contribution in [2.75, 3.05) is 7.11 Å². The van der Waals surface area contributed by atoms with E-state index in [0.29, 0.717) is 17.6 Å². The molecule has 0 aliphatic rings. The van der Waals surface area contributed by atoms with Crippen molar-refractivity contribution in [2.24, 2.45) is 0 Å². The molecule has 0 heterocycles. The van der Waals surface area contributed by atoms with Gasteiger partial charge in [-0.25, -0.2) is 0 Å². The first-order chi connectivity index (χ1) is 6.69. The van der Waals surface area contributed by atoms with E-state index in [1.54, 1.807) is 24.3 Å². The fourth-order valence-electron chi connectivity index (χ4n) is 1.17. The number of aliphatic hydroxyl groups excluding tert-OH is 1. The summed E-state index contributed by atoms with van der Waals surface area (Å²) < 4.78 is 4.95.